The van der Waals surface area contributed by atoms with Crippen molar-refractivity contribution in [2.45, 2.75) is 25.7 Å². The summed E-state index contributed by atoms with van der Waals surface area (Å²) in [6.45, 7) is 6.43. The second kappa shape index (κ2) is 9.27. The fourth-order valence-corrected chi connectivity index (χ4v) is 4.43. The highest BCUT2D eigenvalue weighted by atomic mass is 32.3. The van der Waals surface area contributed by atoms with Gasteiger partial charge < -0.3 is 14.3 Å². The van der Waals surface area contributed by atoms with Gasteiger partial charge in [0.2, 0.25) is 0 Å². The van der Waals surface area contributed by atoms with Crippen molar-refractivity contribution in [3.05, 3.63) is 65.2 Å². The van der Waals surface area contributed by atoms with E-state index in [1.807, 2.05) is 69.3 Å². The molecule has 0 spiro atoms. The van der Waals surface area contributed by atoms with Gasteiger partial charge in [-0.2, -0.15) is 0 Å². The third-order valence-corrected chi connectivity index (χ3v) is 7.03. The molecular formula is C23H31NO4S. The Kier molecular flexibility index (Phi) is 7.25. The highest BCUT2D eigenvalue weighted by molar-refractivity contribution is 8.18. The van der Waals surface area contributed by atoms with E-state index in [9.17, 15) is 4.21 Å². The molecule has 0 aliphatic rings. The maximum atomic E-state index is 13.7. The van der Waals surface area contributed by atoms with Crippen LogP contribution in [0, 0.1) is 13.8 Å². The van der Waals surface area contributed by atoms with Crippen LogP contribution in [0.4, 0.5) is 0 Å². The second-order valence-corrected chi connectivity index (χ2v) is 12.4. The molecule has 0 atom stereocenters. The molecule has 6 heteroatoms. The van der Waals surface area contributed by atoms with Crippen molar-refractivity contribution < 1.29 is 18.5 Å². The molecule has 0 radical (unpaired) electrons. The first kappa shape index (κ1) is 22.7. The van der Waals surface area contributed by atoms with Crippen molar-refractivity contribution in [3.63, 3.8) is 0 Å². The lowest BCUT2D eigenvalue weighted by Crippen LogP contribution is -2.36. The van der Waals surface area contributed by atoms with Crippen LogP contribution in [-0.4, -0.2) is 42.6 Å². The Morgan fingerprint density at radius 2 is 1.66 bits per heavy atom. The molecule has 0 unspecified atom stereocenters. The van der Waals surface area contributed by atoms with E-state index in [0.29, 0.717) is 6.61 Å². The van der Waals surface area contributed by atoms with Gasteiger partial charge in [0, 0.05) is 4.90 Å². The number of aryl methyl sites for hydroxylation is 2. The Morgan fingerprint density at radius 3 is 2.21 bits per heavy atom. The second-order valence-electron chi connectivity index (χ2n) is 7.59. The van der Waals surface area contributed by atoms with Gasteiger partial charge in [-0.15, -0.1) is 0 Å². The Morgan fingerprint density at radius 1 is 1.03 bits per heavy atom. The van der Waals surface area contributed by atoms with Crippen LogP contribution >= 0.6 is 0 Å². The van der Waals surface area contributed by atoms with Crippen molar-refractivity contribution in [3.8, 4) is 11.5 Å². The SMILES string of the molecule is C/C=C/COc1cc(C)c(OCS(C)(C)(=O)c2ccc(C=NOC)cc2)c(C)c1. The molecule has 0 aliphatic carbocycles. The van der Waals surface area contributed by atoms with Crippen LogP contribution in [0.2, 0.25) is 0 Å². The van der Waals surface area contributed by atoms with Crippen LogP contribution in [-0.2, 0) is 13.9 Å². The summed E-state index contributed by atoms with van der Waals surface area (Å²) in [4.78, 5) is 5.44. The first-order valence-electron chi connectivity index (χ1n) is 9.39. The Hall–Kier alpha value is -2.60. The Balaban J connectivity index is 2.18. The zero-order valence-corrected chi connectivity index (χ0v) is 18.9. The predicted molar refractivity (Wildman–Crippen MR) is 121 cm³/mol. The fourth-order valence-electron chi connectivity index (χ4n) is 2.85. The van der Waals surface area contributed by atoms with Gasteiger partial charge >= 0.3 is 0 Å². The number of benzene rings is 2. The summed E-state index contributed by atoms with van der Waals surface area (Å²) in [6, 6.07) is 11.3. The van der Waals surface area contributed by atoms with Gasteiger partial charge in [-0.05, 0) is 83.3 Å². The third-order valence-electron chi connectivity index (χ3n) is 4.48. The van der Waals surface area contributed by atoms with Crippen LogP contribution in [0.5, 0.6) is 11.5 Å². The average molecular weight is 418 g/mol. The smallest absolute Gasteiger partial charge is 0.146 e. The van der Waals surface area contributed by atoms with E-state index in [2.05, 4.69) is 5.16 Å². The summed E-state index contributed by atoms with van der Waals surface area (Å²) >= 11 is 0. The fraction of sp³-hybridized carbons (Fsp3) is 0.348. The van der Waals surface area contributed by atoms with E-state index < -0.39 is 9.07 Å². The van der Waals surface area contributed by atoms with E-state index in [1.54, 1.807) is 18.7 Å². The van der Waals surface area contributed by atoms with Crippen molar-refractivity contribution in [1.29, 1.82) is 0 Å². The molecular weight excluding hydrogens is 386 g/mol. The van der Waals surface area contributed by atoms with Gasteiger partial charge in [-0.1, -0.05) is 29.4 Å². The van der Waals surface area contributed by atoms with Crippen LogP contribution in [0.15, 0.2) is 58.6 Å². The average Bonchev–Trinajstić information content (AvgIpc) is 2.66. The maximum Gasteiger partial charge on any atom is 0.146 e. The first-order chi connectivity index (χ1) is 13.6. The highest BCUT2D eigenvalue weighted by Gasteiger charge is 2.29. The molecule has 2 aromatic carbocycles. The Labute approximate surface area is 173 Å². The summed E-state index contributed by atoms with van der Waals surface area (Å²) in [6.07, 6.45) is 9.03. The highest BCUT2D eigenvalue weighted by Crippen LogP contribution is 2.34. The van der Waals surface area contributed by atoms with Crippen LogP contribution in [0.3, 0.4) is 0 Å². The molecule has 5 nitrogen and oxygen atoms in total. The molecule has 0 bridgehead atoms. The van der Waals surface area contributed by atoms with Crippen LogP contribution < -0.4 is 9.47 Å². The van der Waals surface area contributed by atoms with Gasteiger partial charge in [-0.25, -0.2) is 0 Å². The number of hydrogen-bond acceptors (Lipinski definition) is 5. The van der Waals surface area contributed by atoms with Gasteiger partial charge in [0.15, 0.2) is 0 Å². The zero-order valence-electron chi connectivity index (χ0n) is 18.1. The molecule has 0 amide bonds. The lowest BCUT2D eigenvalue weighted by atomic mass is 10.1. The van der Waals surface area contributed by atoms with Crippen LogP contribution in [0.25, 0.3) is 0 Å². The Bertz CT molecular complexity index is 932. The lowest BCUT2D eigenvalue weighted by molar-refractivity contribution is 0.215. The number of rotatable bonds is 9. The van der Waals surface area contributed by atoms with Gasteiger partial charge in [0.25, 0.3) is 0 Å². The normalized spacial score (nSPS) is 13.4. The summed E-state index contributed by atoms with van der Waals surface area (Å²) in [5, 5.41) is 3.74. The van der Waals surface area contributed by atoms with Gasteiger partial charge in [0.1, 0.15) is 31.2 Å². The minimum Gasteiger partial charge on any atom is -0.490 e. The number of hydrogen-bond donors (Lipinski definition) is 0. The van der Waals surface area contributed by atoms with E-state index in [-0.39, 0.29) is 5.94 Å². The first-order valence-corrected chi connectivity index (χ1v) is 12.3. The summed E-state index contributed by atoms with van der Waals surface area (Å²) in [5.74, 6) is 1.64. The lowest BCUT2D eigenvalue weighted by Gasteiger charge is -2.34. The van der Waals surface area contributed by atoms with Crippen molar-refractivity contribution in [1.82, 2.24) is 0 Å². The minimum absolute atomic E-state index is 0.100. The molecule has 2 aromatic rings. The summed E-state index contributed by atoms with van der Waals surface area (Å²) in [7, 11) is -1.70. The van der Waals surface area contributed by atoms with Crippen molar-refractivity contribution in [2.75, 3.05) is 32.2 Å². The van der Waals surface area contributed by atoms with Gasteiger partial charge in [0.05, 0.1) is 6.21 Å². The third kappa shape index (κ3) is 6.19. The van der Waals surface area contributed by atoms with Gasteiger partial charge in [-0.3, -0.25) is 4.21 Å². The molecule has 29 heavy (non-hydrogen) atoms. The monoisotopic (exact) mass is 417 g/mol. The number of allylic oxidation sites excluding steroid dienone is 1. The predicted octanol–water partition coefficient (Wildman–Crippen LogP) is 4.71. The zero-order chi connectivity index (χ0) is 21.5. The molecule has 0 heterocycles. The molecule has 0 saturated heterocycles. The van der Waals surface area contributed by atoms with E-state index >= 15 is 0 Å². The molecule has 158 valence electrons. The van der Waals surface area contributed by atoms with E-state index in [0.717, 1.165) is 33.1 Å². The molecule has 0 aromatic heterocycles. The van der Waals surface area contributed by atoms with E-state index in [1.165, 1.54) is 7.11 Å². The standard InChI is InChI=1S/C23H31NO4S/c1-7-8-13-27-21-14-18(2)23(19(3)15-21)28-17-29(5,6,25)22-11-9-20(10-12-22)16-24-26-4/h7-12,14-16H,13,17H2,1-6H3/b8-7+,24-16?. The number of nitrogens with zero attached hydrogens (tertiary/aromatic N) is 1. The molecule has 0 N–H and O–H groups in total. The van der Waals surface area contributed by atoms with Crippen molar-refractivity contribution in [2.24, 2.45) is 5.16 Å². The molecule has 0 fully saturated rings. The number of ether oxygens (including phenoxy) is 2. The largest absolute Gasteiger partial charge is 0.490 e. The molecule has 2 rings (SSSR count). The number of oxime groups is 1. The molecule has 0 saturated carbocycles. The van der Waals surface area contributed by atoms with Crippen LogP contribution in [0.1, 0.15) is 23.6 Å². The van der Waals surface area contributed by atoms with E-state index in [4.69, 9.17) is 14.3 Å². The van der Waals surface area contributed by atoms with Crippen molar-refractivity contribution >= 4 is 15.3 Å². The topological polar surface area (TPSA) is 57.1 Å². The molecule has 0 aliphatic heterocycles. The quantitative estimate of drug-likeness (QED) is 0.337. The summed E-state index contributed by atoms with van der Waals surface area (Å²) < 4.78 is 25.5. The maximum absolute atomic E-state index is 13.7. The summed E-state index contributed by atoms with van der Waals surface area (Å²) in [5.41, 5.74) is 2.78. The minimum atomic E-state index is -3.19.